The second-order valence-corrected chi connectivity index (χ2v) is 5.31. The van der Waals surface area contributed by atoms with Gasteiger partial charge in [0.15, 0.2) is 0 Å². The molecule has 2 atom stereocenters. The highest BCUT2D eigenvalue weighted by Crippen LogP contribution is 2.23. The lowest BCUT2D eigenvalue weighted by molar-refractivity contribution is 0.266. The first-order valence-electron chi connectivity index (χ1n) is 6.48. The maximum absolute atomic E-state index is 4.51. The molecule has 1 aromatic rings. The molecule has 5 nitrogen and oxygen atoms in total. The largest absolute Gasteiger partial charge is 0.353 e. The number of aromatic nitrogens is 2. The van der Waals surface area contributed by atoms with E-state index in [1.54, 1.807) is 0 Å². The Labute approximate surface area is 109 Å². The Hall–Kier alpha value is -1.20. The smallest absolute Gasteiger partial charge is 0.147 e. The average molecular weight is 249 g/mol. The van der Waals surface area contributed by atoms with E-state index >= 15 is 0 Å². The highest BCUT2D eigenvalue weighted by atomic mass is 15.3. The minimum Gasteiger partial charge on any atom is -0.353 e. The molecule has 0 saturated carbocycles. The molecule has 1 N–H and O–H groups in total. The molecule has 100 valence electrons. The number of rotatable bonds is 4. The van der Waals surface area contributed by atoms with E-state index in [0.29, 0.717) is 12.0 Å². The predicted molar refractivity (Wildman–Crippen MR) is 73.6 cm³/mol. The third-order valence-electron chi connectivity index (χ3n) is 3.61. The molecule has 2 unspecified atom stereocenters. The van der Waals surface area contributed by atoms with Crippen LogP contribution >= 0.6 is 0 Å². The van der Waals surface area contributed by atoms with Crippen molar-refractivity contribution in [2.24, 2.45) is 5.92 Å². The minimum atomic E-state index is 0.601. The van der Waals surface area contributed by atoms with Gasteiger partial charge >= 0.3 is 0 Å². The maximum Gasteiger partial charge on any atom is 0.147 e. The summed E-state index contributed by atoms with van der Waals surface area (Å²) in [4.78, 5) is 13.6. The molecule has 0 aromatic carbocycles. The molecule has 0 spiro atoms. The summed E-state index contributed by atoms with van der Waals surface area (Å²) in [5.74, 6) is 1.66. The SMILES string of the molecule is CNCc1cnc(N2CC(C)C(N(C)C)C2)cn1. The van der Waals surface area contributed by atoms with Gasteiger partial charge in [-0.2, -0.15) is 0 Å². The fourth-order valence-electron chi connectivity index (χ4n) is 2.59. The van der Waals surface area contributed by atoms with Gasteiger partial charge in [0.2, 0.25) is 0 Å². The molecule has 0 bridgehead atoms. The number of hydrogen-bond acceptors (Lipinski definition) is 5. The molecule has 5 heteroatoms. The molecule has 1 saturated heterocycles. The average Bonchev–Trinajstić information content (AvgIpc) is 2.73. The summed E-state index contributed by atoms with van der Waals surface area (Å²) in [6, 6.07) is 0.601. The summed E-state index contributed by atoms with van der Waals surface area (Å²) < 4.78 is 0. The first-order valence-corrected chi connectivity index (χ1v) is 6.48. The van der Waals surface area contributed by atoms with Crippen molar-refractivity contribution in [1.29, 1.82) is 0 Å². The Bertz CT molecular complexity index is 375. The lowest BCUT2D eigenvalue weighted by atomic mass is 10.1. The van der Waals surface area contributed by atoms with Crippen molar-refractivity contribution in [2.45, 2.75) is 19.5 Å². The van der Waals surface area contributed by atoms with Crippen LogP contribution in [0.5, 0.6) is 0 Å². The van der Waals surface area contributed by atoms with Gasteiger partial charge in [-0.1, -0.05) is 6.92 Å². The molecular weight excluding hydrogens is 226 g/mol. The van der Waals surface area contributed by atoms with Crippen LogP contribution in [0.15, 0.2) is 12.4 Å². The van der Waals surface area contributed by atoms with Gasteiger partial charge in [-0.3, -0.25) is 4.98 Å². The lowest BCUT2D eigenvalue weighted by Gasteiger charge is -2.22. The lowest BCUT2D eigenvalue weighted by Crippen LogP contribution is -2.34. The Morgan fingerprint density at radius 1 is 1.33 bits per heavy atom. The van der Waals surface area contributed by atoms with E-state index in [1.807, 2.05) is 19.4 Å². The Morgan fingerprint density at radius 2 is 2.11 bits per heavy atom. The van der Waals surface area contributed by atoms with E-state index in [-0.39, 0.29) is 0 Å². The first kappa shape index (κ1) is 13.2. The van der Waals surface area contributed by atoms with Gasteiger partial charge in [0.25, 0.3) is 0 Å². The number of nitrogens with zero attached hydrogens (tertiary/aromatic N) is 4. The molecule has 2 heterocycles. The van der Waals surface area contributed by atoms with Crippen molar-refractivity contribution in [2.75, 3.05) is 39.1 Å². The number of likely N-dealkylation sites (N-methyl/N-ethyl adjacent to an activating group) is 1. The highest BCUT2D eigenvalue weighted by Gasteiger charge is 2.31. The van der Waals surface area contributed by atoms with Gasteiger partial charge in [0.1, 0.15) is 5.82 Å². The molecule has 18 heavy (non-hydrogen) atoms. The van der Waals surface area contributed by atoms with E-state index in [4.69, 9.17) is 0 Å². The molecule has 1 fully saturated rings. The zero-order chi connectivity index (χ0) is 13.1. The highest BCUT2D eigenvalue weighted by molar-refractivity contribution is 5.38. The van der Waals surface area contributed by atoms with E-state index in [2.05, 4.69) is 46.1 Å². The maximum atomic E-state index is 4.51. The van der Waals surface area contributed by atoms with Crippen molar-refractivity contribution in [3.05, 3.63) is 18.1 Å². The number of nitrogens with one attached hydrogen (secondary N) is 1. The fourth-order valence-corrected chi connectivity index (χ4v) is 2.59. The fraction of sp³-hybridized carbons (Fsp3) is 0.692. The van der Waals surface area contributed by atoms with Crippen LogP contribution in [0.4, 0.5) is 5.82 Å². The van der Waals surface area contributed by atoms with Gasteiger partial charge in [0, 0.05) is 25.7 Å². The van der Waals surface area contributed by atoms with Gasteiger partial charge in [-0.15, -0.1) is 0 Å². The monoisotopic (exact) mass is 249 g/mol. The zero-order valence-corrected chi connectivity index (χ0v) is 11.7. The molecule has 0 radical (unpaired) electrons. The van der Waals surface area contributed by atoms with Gasteiger partial charge in [-0.25, -0.2) is 4.98 Å². The van der Waals surface area contributed by atoms with E-state index in [9.17, 15) is 0 Å². The first-order chi connectivity index (χ1) is 8.61. The van der Waals surface area contributed by atoms with Crippen LogP contribution in [0.1, 0.15) is 12.6 Å². The van der Waals surface area contributed by atoms with E-state index < -0.39 is 0 Å². The van der Waals surface area contributed by atoms with Crippen LogP contribution in [0.3, 0.4) is 0 Å². The second-order valence-electron chi connectivity index (χ2n) is 5.31. The van der Waals surface area contributed by atoms with Crippen molar-refractivity contribution in [3.63, 3.8) is 0 Å². The summed E-state index contributed by atoms with van der Waals surface area (Å²) in [5, 5.41) is 3.08. The quantitative estimate of drug-likeness (QED) is 0.846. The molecule has 1 aromatic heterocycles. The van der Waals surface area contributed by atoms with Gasteiger partial charge < -0.3 is 15.1 Å². The van der Waals surface area contributed by atoms with E-state index in [0.717, 1.165) is 31.1 Å². The van der Waals surface area contributed by atoms with Crippen LogP contribution in [-0.2, 0) is 6.54 Å². The summed E-state index contributed by atoms with van der Waals surface area (Å²) in [5.41, 5.74) is 0.984. The van der Waals surface area contributed by atoms with E-state index in [1.165, 1.54) is 0 Å². The standard InChI is InChI=1S/C13H23N5/c1-10-8-18(9-12(10)17(3)4)13-7-15-11(5-14-2)6-16-13/h6-7,10,12,14H,5,8-9H2,1-4H3. The summed E-state index contributed by atoms with van der Waals surface area (Å²) in [7, 11) is 6.21. The molecule has 2 rings (SSSR count). The van der Waals surface area contributed by atoms with Crippen LogP contribution in [0.25, 0.3) is 0 Å². The predicted octanol–water partition coefficient (Wildman–Crippen LogP) is 0.582. The normalized spacial score (nSPS) is 23.9. The van der Waals surface area contributed by atoms with Crippen molar-refractivity contribution in [3.8, 4) is 0 Å². The van der Waals surface area contributed by atoms with Gasteiger partial charge in [0.05, 0.1) is 18.1 Å². The third kappa shape index (κ3) is 2.79. The van der Waals surface area contributed by atoms with Crippen LogP contribution in [-0.4, -0.2) is 55.1 Å². The zero-order valence-electron chi connectivity index (χ0n) is 11.7. The van der Waals surface area contributed by atoms with Crippen molar-refractivity contribution < 1.29 is 0 Å². The molecule has 0 amide bonds. The summed E-state index contributed by atoms with van der Waals surface area (Å²) >= 11 is 0. The summed E-state index contributed by atoms with van der Waals surface area (Å²) in [6.07, 6.45) is 3.75. The third-order valence-corrected chi connectivity index (χ3v) is 3.61. The molecule has 0 aliphatic carbocycles. The van der Waals surface area contributed by atoms with Crippen LogP contribution in [0, 0.1) is 5.92 Å². The number of hydrogen-bond donors (Lipinski definition) is 1. The summed E-state index contributed by atoms with van der Waals surface area (Å²) in [6.45, 7) is 5.16. The topological polar surface area (TPSA) is 44.3 Å². The van der Waals surface area contributed by atoms with Crippen molar-refractivity contribution in [1.82, 2.24) is 20.2 Å². The van der Waals surface area contributed by atoms with Crippen LogP contribution in [0.2, 0.25) is 0 Å². The Balaban J connectivity index is 2.04. The second kappa shape index (κ2) is 5.63. The molecular formula is C13H23N5. The van der Waals surface area contributed by atoms with Gasteiger partial charge in [-0.05, 0) is 27.1 Å². The Morgan fingerprint density at radius 3 is 2.61 bits per heavy atom. The van der Waals surface area contributed by atoms with Crippen LogP contribution < -0.4 is 10.2 Å². The Kier molecular flexibility index (Phi) is 4.14. The number of anilines is 1. The molecule has 1 aliphatic heterocycles. The van der Waals surface area contributed by atoms with Crippen molar-refractivity contribution >= 4 is 5.82 Å². The minimum absolute atomic E-state index is 0.601. The molecule has 1 aliphatic rings.